The van der Waals surface area contributed by atoms with Gasteiger partial charge in [0.2, 0.25) is 0 Å². The molecule has 0 spiro atoms. The van der Waals surface area contributed by atoms with Crippen LogP contribution in [0, 0.1) is 22.7 Å². The maximum absolute atomic E-state index is 9.75. The Kier molecular flexibility index (Phi) is 8.42. The number of hydrogen-bond donors (Lipinski definition) is 2. The minimum Gasteiger partial charge on any atom is -0.462 e. The molecule has 2 aliphatic heterocycles. The Hall–Kier alpha value is -3.40. The zero-order chi connectivity index (χ0) is 23.8. The van der Waals surface area contributed by atoms with E-state index in [0.717, 1.165) is 11.3 Å². The molecule has 0 aliphatic carbocycles. The summed E-state index contributed by atoms with van der Waals surface area (Å²) in [5.74, 6) is 1.16. The maximum Gasteiger partial charge on any atom is 0.160 e. The van der Waals surface area contributed by atoms with Crippen LogP contribution in [-0.4, -0.2) is 55.5 Å². The number of aliphatic hydroxyl groups excluding tert-OH is 2. The SMILES string of the molecule is CC1=CC(=C(C#N)C#N)C=C(/C=C/c2ccc(N(C)CCO[C@H]3C[C@@H](O)[C@@H](CO)O3)cc2)O1. The van der Waals surface area contributed by atoms with Crippen LogP contribution in [0.2, 0.25) is 0 Å². The summed E-state index contributed by atoms with van der Waals surface area (Å²) in [6.07, 6.45) is 5.61. The predicted molar refractivity (Wildman–Crippen MR) is 122 cm³/mol. The quantitative estimate of drug-likeness (QED) is 0.582. The normalized spacial score (nSPS) is 22.2. The lowest BCUT2D eigenvalue weighted by Crippen LogP contribution is -2.26. The van der Waals surface area contributed by atoms with Gasteiger partial charge in [0.1, 0.15) is 35.3 Å². The molecular formula is C25H27N3O5. The van der Waals surface area contributed by atoms with Crippen LogP contribution < -0.4 is 4.90 Å². The lowest BCUT2D eigenvalue weighted by Gasteiger charge is -2.21. The monoisotopic (exact) mass is 449 g/mol. The maximum atomic E-state index is 9.75. The number of likely N-dealkylation sites (N-methyl/N-ethyl adjacent to an activating group) is 1. The number of rotatable bonds is 8. The van der Waals surface area contributed by atoms with E-state index in [0.29, 0.717) is 36.7 Å². The van der Waals surface area contributed by atoms with Gasteiger partial charge in [-0.25, -0.2) is 0 Å². The first-order chi connectivity index (χ1) is 15.9. The molecule has 8 heteroatoms. The van der Waals surface area contributed by atoms with Crippen LogP contribution in [0.25, 0.3) is 6.08 Å². The summed E-state index contributed by atoms with van der Waals surface area (Å²) in [6, 6.07) is 11.7. The Labute approximate surface area is 193 Å². The van der Waals surface area contributed by atoms with Gasteiger partial charge in [0.05, 0.1) is 19.3 Å². The average Bonchev–Trinajstić information content (AvgIpc) is 3.18. The third kappa shape index (κ3) is 6.55. The van der Waals surface area contributed by atoms with Crippen molar-refractivity contribution >= 4 is 11.8 Å². The summed E-state index contributed by atoms with van der Waals surface area (Å²) in [5.41, 5.74) is 2.56. The molecule has 172 valence electrons. The van der Waals surface area contributed by atoms with Crippen LogP contribution in [0.15, 0.2) is 65.2 Å². The van der Waals surface area contributed by atoms with Gasteiger partial charge in [-0.2, -0.15) is 10.5 Å². The molecule has 0 amide bonds. The lowest BCUT2D eigenvalue weighted by atomic mass is 10.1. The van der Waals surface area contributed by atoms with E-state index >= 15 is 0 Å². The van der Waals surface area contributed by atoms with Gasteiger partial charge in [-0.15, -0.1) is 0 Å². The minimum absolute atomic E-state index is 0.0452. The first kappa shape index (κ1) is 24.2. The Bertz CT molecular complexity index is 1030. The summed E-state index contributed by atoms with van der Waals surface area (Å²) in [5, 5.41) is 37.0. The topological polar surface area (TPSA) is 119 Å². The van der Waals surface area contributed by atoms with Gasteiger partial charge in [-0.05, 0) is 42.8 Å². The molecule has 1 fully saturated rings. The zero-order valence-electron chi connectivity index (χ0n) is 18.6. The molecule has 2 aliphatic rings. The largest absolute Gasteiger partial charge is 0.462 e. The van der Waals surface area contributed by atoms with Crippen molar-refractivity contribution in [1.82, 2.24) is 0 Å². The average molecular weight is 450 g/mol. The van der Waals surface area contributed by atoms with Gasteiger partial charge < -0.3 is 29.3 Å². The number of hydrogen-bond acceptors (Lipinski definition) is 8. The highest BCUT2D eigenvalue weighted by atomic mass is 16.7. The van der Waals surface area contributed by atoms with Crippen molar-refractivity contribution < 1.29 is 24.4 Å². The molecule has 0 saturated carbocycles. The number of anilines is 1. The molecule has 3 rings (SSSR count). The second-order valence-corrected chi connectivity index (χ2v) is 7.76. The van der Waals surface area contributed by atoms with Crippen LogP contribution in [0.5, 0.6) is 0 Å². The van der Waals surface area contributed by atoms with Gasteiger partial charge in [0.15, 0.2) is 6.29 Å². The molecule has 3 atom stereocenters. The van der Waals surface area contributed by atoms with Gasteiger partial charge in [0, 0.05) is 31.3 Å². The van der Waals surface area contributed by atoms with Crippen molar-refractivity contribution in [3.8, 4) is 12.1 Å². The fourth-order valence-electron chi connectivity index (χ4n) is 3.47. The third-order valence-electron chi connectivity index (χ3n) is 5.32. The molecule has 33 heavy (non-hydrogen) atoms. The summed E-state index contributed by atoms with van der Waals surface area (Å²) < 4.78 is 16.8. The Morgan fingerprint density at radius 2 is 1.94 bits per heavy atom. The van der Waals surface area contributed by atoms with E-state index in [1.54, 1.807) is 25.2 Å². The highest BCUT2D eigenvalue weighted by molar-refractivity contribution is 5.59. The van der Waals surface area contributed by atoms with E-state index in [2.05, 4.69) is 0 Å². The summed E-state index contributed by atoms with van der Waals surface area (Å²) in [4.78, 5) is 2.05. The second-order valence-electron chi connectivity index (χ2n) is 7.76. The molecule has 8 nitrogen and oxygen atoms in total. The number of aliphatic hydroxyl groups is 2. The van der Waals surface area contributed by atoms with E-state index in [9.17, 15) is 5.11 Å². The van der Waals surface area contributed by atoms with Crippen molar-refractivity contribution in [2.45, 2.75) is 31.8 Å². The van der Waals surface area contributed by atoms with Crippen LogP contribution >= 0.6 is 0 Å². The van der Waals surface area contributed by atoms with Gasteiger partial charge in [-0.1, -0.05) is 18.2 Å². The molecule has 0 radical (unpaired) electrons. The molecular weight excluding hydrogens is 422 g/mol. The standard InChI is InChI=1S/C25H27N3O5/c1-17-11-19(20(14-26)15-27)12-22(32-17)8-5-18-3-6-21(7-4-18)28(2)9-10-31-25-13-23(30)24(16-29)33-25/h3-8,11-12,23-25,29-30H,9-10,13,16H2,1-2H3/b8-5+/t23-,24-,25-/m1/s1. The molecule has 1 saturated heterocycles. The van der Waals surface area contributed by atoms with Crippen molar-refractivity contribution in [1.29, 1.82) is 10.5 Å². The summed E-state index contributed by atoms with van der Waals surface area (Å²) in [7, 11) is 1.96. The smallest absolute Gasteiger partial charge is 0.160 e. The number of ether oxygens (including phenoxy) is 3. The van der Waals surface area contributed by atoms with Gasteiger partial charge in [0.25, 0.3) is 0 Å². The first-order valence-electron chi connectivity index (χ1n) is 10.6. The molecule has 0 bridgehead atoms. The van der Waals surface area contributed by atoms with E-state index < -0.39 is 18.5 Å². The number of allylic oxidation sites excluding steroid dienone is 6. The van der Waals surface area contributed by atoms with Crippen LogP contribution in [0.3, 0.4) is 0 Å². The summed E-state index contributed by atoms with van der Waals surface area (Å²) in [6.45, 7) is 2.61. The van der Waals surface area contributed by atoms with E-state index in [1.807, 2.05) is 54.4 Å². The summed E-state index contributed by atoms with van der Waals surface area (Å²) >= 11 is 0. The van der Waals surface area contributed by atoms with Gasteiger partial charge in [-0.3, -0.25) is 0 Å². The molecule has 1 aromatic rings. The van der Waals surface area contributed by atoms with E-state index in [4.69, 9.17) is 29.8 Å². The Morgan fingerprint density at radius 3 is 2.58 bits per heavy atom. The van der Waals surface area contributed by atoms with Crippen LogP contribution in [0.4, 0.5) is 5.69 Å². The molecule has 2 heterocycles. The zero-order valence-corrected chi connectivity index (χ0v) is 18.6. The van der Waals surface area contributed by atoms with Crippen molar-refractivity contribution in [2.75, 3.05) is 31.7 Å². The van der Waals surface area contributed by atoms with Gasteiger partial charge >= 0.3 is 0 Å². The molecule has 1 aromatic carbocycles. The molecule has 0 unspecified atom stereocenters. The van der Waals surface area contributed by atoms with Crippen LogP contribution in [0.1, 0.15) is 18.9 Å². The van der Waals surface area contributed by atoms with Crippen molar-refractivity contribution in [3.05, 3.63) is 70.7 Å². The third-order valence-corrected chi connectivity index (χ3v) is 5.32. The second kappa shape index (κ2) is 11.5. The fourth-order valence-corrected chi connectivity index (χ4v) is 3.47. The lowest BCUT2D eigenvalue weighted by molar-refractivity contribution is -0.141. The fraction of sp³-hybridized carbons (Fsp3) is 0.360. The Morgan fingerprint density at radius 1 is 1.21 bits per heavy atom. The van der Waals surface area contributed by atoms with Crippen LogP contribution in [-0.2, 0) is 14.2 Å². The number of nitrogens with zero attached hydrogens (tertiary/aromatic N) is 3. The molecule has 0 aromatic heterocycles. The number of benzene rings is 1. The molecule has 2 N–H and O–H groups in total. The minimum atomic E-state index is -0.699. The highest BCUT2D eigenvalue weighted by Crippen LogP contribution is 2.24. The van der Waals surface area contributed by atoms with E-state index in [1.165, 1.54) is 0 Å². The Balaban J connectivity index is 1.54. The van der Waals surface area contributed by atoms with E-state index in [-0.39, 0.29) is 12.2 Å². The van der Waals surface area contributed by atoms with Crippen molar-refractivity contribution in [3.63, 3.8) is 0 Å². The predicted octanol–water partition coefficient (Wildman–Crippen LogP) is 2.78. The highest BCUT2D eigenvalue weighted by Gasteiger charge is 2.33. The van der Waals surface area contributed by atoms with Crippen molar-refractivity contribution in [2.24, 2.45) is 0 Å². The number of nitriles is 2. The first-order valence-corrected chi connectivity index (χ1v) is 10.6.